The summed E-state index contributed by atoms with van der Waals surface area (Å²) in [5.41, 5.74) is 0.188. The number of hydrogen-bond acceptors (Lipinski definition) is 1. The van der Waals surface area contributed by atoms with Gasteiger partial charge >= 0.3 is 0 Å². The van der Waals surface area contributed by atoms with Gasteiger partial charge < -0.3 is 5.32 Å². The van der Waals surface area contributed by atoms with Crippen LogP contribution in [0.4, 0.5) is 8.78 Å². The molecule has 0 aliphatic carbocycles. The molecular formula is C14H18BrF2NO. The highest BCUT2D eigenvalue weighted by Crippen LogP contribution is 2.16. The fourth-order valence-electron chi connectivity index (χ4n) is 1.75. The highest BCUT2D eigenvalue weighted by atomic mass is 79.9. The molecule has 19 heavy (non-hydrogen) atoms. The molecule has 1 amide bonds. The van der Waals surface area contributed by atoms with E-state index in [-0.39, 0.29) is 17.9 Å². The van der Waals surface area contributed by atoms with Crippen LogP contribution < -0.4 is 5.32 Å². The van der Waals surface area contributed by atoms with Crippen LogP contribution in [0.3, 0.4) is 0 Å². The number of carbonyl (C=O) groups is 1. The third-order valence-electron chi connectivity index (χ3n) is 3.22. The number of halogens is 3. The van der Waals surface area contributed by atoms with Crippen molar-refractivity contribution in [3.63, 3.8) is 0 Å². The standard InChI is InChI=1S/C14H18BrF2NO/c1-3-14(2,6-7-15)18-13(19)9-10-4-5-11(16)12(17)8-10/h4-5,8H,3,6-7,9H2,1-2H3,(H,18,19). The van der Waals surface area contributed by atoms with Crippen molar-refractivity contribution >= 4 is 21.8 Å². The van der Waals surface area contributed by atoms with E-state index in [2.05, 4.69) is 21.2 Å². The van der Waals surface area contributed by atoms with Gasteiger partial charge in [0, 0.05) is 10.9 Å². The van der Waals surface area contributed by atoms with Gasteiger partial charge in [-0.1, -0.05) is 28.9 Å². The zero-order valence-corrected chi connectivity index (χ0v) is 12.7. The second-order valence-electron chi connectivity index (χ2n) is 4.83. The maximum absolute atomic E-state index is 13.0. The minimum Gasteiger partial charge on any atom is -0.351 e. The minimum atomic E-state index is -0.927. The quantitative estimate of drug-likeness (QED) is 0.792. The maximum Gasteiger partial charge on any atom is 0.224 e. The predicted octanol–water partition coefficient (Wildman–Crippen LogP) is 3.58. The normalized spacial score (nSPS) is 13.9. The molecule has 0 radical (unpaired) electrons. The number of hydrogen-bond donors (Lipinski definition) is 1. The Kier molecular flexibility index (Phi) is 5.91. The van der Waals surface area contributed by atoms with E-state index < -0.39 is 11.6 Å². The molecule has 1 aromatic carbocycles. The van der Waals surface area contributed by atoms with E-state index in [4.69, 9.17) is 0 Å². The van der Waals surface area contributed by atoms with Crippen LogP contribution in [0.15, 0.2) is 18.2 Å². The SMILES string of the molecule is CCC(C)(CCBr)NC(=O)Cc1ccc(F)c(F)c1. The molecule has 0 spiro atoms. The molecule has 0 bridgehead atoms. The topological polar surface area (TPSA) is 29.1 Å². The first-order valence-electron chi connectivity index (χ1n) is 6.21. The third-order valence-corrected chi connectivity index (χ3v) is 3.61. The molecule has 5 heteroatoms. The molecular weight excluding hydrogens is 316 g/mol. The van der Waals surface area contributed by atoms with Crippen LogP contribution >= 0.6 is 15.9 Å². The number of alkyl halides is 1. The molecule has 0 heterocycles. The molecule has 0 fully saturated rings. The second kappa shape index (κ2) is 6.98. The van der Waals surface area contributed by atoms with Gasteiger partial charge in [-0.05, 0) is 37.5 Å². The monoisotopic (exact) mass is 333 g/mol. The summed E-state index contributed by atoms with van der Waals surface area (Å²) in [7, 11) is 0. The van der Waals surface area contributed by atoms with Gasteiger partial charge in [0.25, 0.3) is 0 Å². The Morgan fingerprint density at radius 1 is 1.37 bits per heavy atom. The number of nitrogens with one attached hydrogen (secondary N) is 1. The summed E-state index contributed by atoms with van der Waals surface area (Å²) >= 11 is 3.36. The molecule has 0 aliphatic rings. The van der Waals surface area contributed by atoms with E-state index >= 15 is 0 Å². The summed E-state index contributed by atoms with van der Waals surface area (Å²) < 4.78 is 25.8. The Morgan fingerprint density at radius 2 is 2.05 bits per heavy atom. The van der Waals surface area contributed by atoms with Gasteiger partial charge in [0.05, 0.1) is 6.42 Å². The molecule has 1 N–H and O–H groups in total. The van der Waals surface area contributed by atoms with Crippen molar-refractivity contribution in [1.29, 1.82) is 0 Å². The van der Waals surface area contributed by atoms with E-state index in [0.717, 1.165) is 30.3 Å². The smallest absolute Gasteiger partial charge is 0.224 e. The van der Waals surface area contributed by atoms with Crippen molar-refractivity contribution in [1.82, 2.24) is 5.32 Å². The molecule has 106 valence electrons. The van der Waals surface area contributed by atoms with Gasteiger partial charge in [0.1, 0.15) is 0 Å². The van der Waals surface area contributed by atoms with E-state index in [1.54, 1.807) is 0 Å². The summed E-state index contributed by atoms with van der Waals surface area (Å²) in [5.74, 6) is -2.01. The highest BCUT2D eigenvalue weighted by molar-refractivity contribution is 9.09. The Morgan fingerprint density at radius 3 is 2.58 bits per heavy atom. The van der Waals surface area contributed by atoms with Crippen molar-refractivity contribution in [2.75, 3.05) is 5.33 Å². The summed E-state index contributed by atoms with van der Waals surface area (Å²) in [6.45, 7) is 3.97. The largest absolute Gasteiger partial charge is 0.351 e. The van der Waals surface area contributed by atoms with Gasteiger partial charge in [-0.25, -0.2) is 8.78 Å². The number of rotatable bonds is 6. The lowest BCUT2D eigenvalue weighted by molar-refractivity contribution is -0.122. The van der Waals surface area contributed by atoms with Crippen LogP contribution in [0.25, 0.3) is 0 Å². The van der Waals surface area contributed by atoms with Crippen molar-refractivity contribution in [2.24, 2.45) is 0 Å². The zero-order valence-electron chi connectivity index (χ0n) is 11.1. The Balaban J connectivity index is 2.66. The van der Waals surface area contributed by atoms with Crippen LogP contribution in [0.5, 0.6) is 0 Å². The molecule has 0 aliphatic heterocycles. The van der Waals surface area contributed by atoms with Crippen LogP contribution in [-0.4, -0.2) is 16.8 Å². The van der Waals surface area contributed by atoms with Gasteiger partial charge in [-0.15, -0.1) is 0 Å². The lowest BCUT2D eigenvalue weighted by Crippen LogP contribution is -2.46. The Hall–Kier alpha value is -0.970. The van der Waals surface area contributed by atoms with Gasteiger partial charge in [0.15, 0.2) is 11.6 Å². The lowest BCUT2D eigenvalue weighted by atomic mass is 9.95. The van der Waals surface area contributed by atoms with E-state index in [0.29, 0.717) is 5.56 Å². The minimum absolute atomic E-state index is 0.0507. The van der Waals surface area contributed by atoms with Crippen LogP contribution in [0, 0.1) is 11.6 Å². The summed E-state index contributed by atoms with van der Waals surface area (Å²) in [6.07, 6.45) is 1.67. The summed E-state index contributed by atoms with van der Waals surface area (Å²) in [4.78, 5) is 11.9. The molecule has 1 unspecified atom stereocenters. The first-order chi connectivity index (χ1) is 8.90. The average Bonchev–Trinajstić information content (AvgIpc) is 2.34. The average molecular weight is 334 g/mol. The molecule has 0 aromatic heterocycles. The first kappa shape index (κ1) is 16.1. The Bertz CT molecular complexity index is 453. The fourth-order valence-corrected chi connectivity index (χ4v) is 2.63. The molecule has 1 rings (SSSR count). The third kappa shape index (κ3) is 4.90. The maximum atomic E-state index is 13.0. The summed E-state index contributed by atoms with van der Waals surface area (Å²) in [6, 6.07) is 3.52. The van der Waals surface area contributed by atoms with Crippen molar-refractivity contribution in [2.45, 2.75) is 38.6 Å². The second-order valence-corrected chi connectivity index (χ2v) is 5.62. The predicted molar refractivity (Wildman–Crippen MR) is 75.3 cm³/mol. The number of benzene rings is 1. The molecule has 1 atom stereocenters. The van der Waals surface area contributed by atoms with Crippen LogP contribution in [0.2, 0.25) is 0 Å². The Labute approximate surface area is 120 Å². The van der Waals surface area contributed by atoms with E-state index in [1.165, 1.54) is 6.07 Å². The highest BCUT2D eigenvalue weighted by Gasteiger charge is 2.23. The molecule has 1 aromatic rings. The van der Waals surface area contributed by atoms with E-state index in [9.17, 15) is 13.6 Å². The van der Waals surface area contributed by atoms with Gasteiger partial charge in [0.2, 0.25) is 5.91 Å². The number of carbonyl (C=O) groups excluding carboxylic acids is 1. The van der Waals surface area contributed by atoms with Crippen molar-refractivity contribution < 1.29 is 13.6 Å². The summed E-state index contributed by atoms with van der Waals surface area (Å²) in [5, 5.41) is 3.74. The fraction of sp³-hybridized carbons (Fsp3) is 0.500. The zero-order chi connectivity index (χ0) is 14.5. The number of amides is 1. The first-order valence-corrected chi connectivity index (χ1v) is 7.33. The molecule has 2 nitrogen and oxygen atoms in total. The van der Waals surface area contributed by atoms with Crippen LogP contribution in [0.1, 0.15) is 32.3 Å². The van der Waals surface area contributed by atoms with Gasteiger partial charge in [-0.2, -0.15) is 0 Å². The van der Waals surface area contributed by atoms with Crippen molar-refractivity contribution in [3.8, 4) is 0 Å². The van der Waals surface area contributed by atoms with Crippen molar-refractivity contribution in [3.05, 3.63) is 35.4 Å². The van der Waals surface area contributed by atoms with Crippen LogP contribution in [-0.2, 0) is 11.2 Å². The molecule has 0 saturated heterocycles. The lowest BCUT2D eigenvalue weighted by Gasteiger charge is -2.29. The molecule has 0 saturated carbocycles. The van der Waals surface area contributed by atoms with E-state index in [1.807, 2.05) is 13.8 Å². The van der Waals surface area contributed by atoms with Gasteiger partial charge in [-0.3, -0.25) is 4.79 Å².